The van der Waals surface area contributed by atoms with E-state index in [1.165, 1.54) is 13.0 Å². The fourth-order valence-corrected chi connectivity index (χ4v) is 1.95. The van der Waals surface area contributed by atoms with E-state index in [9.17, 15) is 18.4 Å². The van der Waals surface area contributed by atoms with Gasteiger partial charge in [0.25, 0.3) is 0 Å². The fraction of sp³-hybridized carbons (Fsp3) is 0.429. The zero-order valence-corrected chi connectivity index (χ0v) is 11.2. The quantitative estimate of drug-likeness (QED) is 0.896. The molecule has 108 valence electrons. The molecule has 0 unspecified atom stereocenters. The number of nitrogens with one attached hydrogen (secondary N) is 1. The minimum atomic E-state index is -0.797. The SMILES string of the molecule is CC(=O)N(CCNC(=O)C1CC1)c1c(F)cccc1F. The van der Waals surface area contributed by atoms with Crippen LogP contribution in [-0.4, -0.2) is 24.9 Å². The summed E-state index contributed by atoms with van der Waals surface area (Å²) in [5.41, 5.74) is -0.374. The van der Waals surface area contributed by atoms with Crippen LogP contribution in [0.4, 0.5) is 14.5 Å². The highest BCUT2D eigenvalue weighted by molar-refractivity contribution is 5.91. The number of halogens is 2. The van der Waals surface area contributed by atoms with Gasteiger partial charge >= 0.3 is 0 Å². The Hall–Kier alpha value is -1.98. The summed E-state index contributed by atoms with van der Waals surface area (Å²) in [6.45, 7) is 1.43. The molecule has 6 heteroatoms. The Bertz CT molecular complexity index is 510. The number of anilines is 1. The van der Waals surface area contributed by atoms with E-state index >= 15 is 0 Å². The van der Waals surface area contributed by atoms with Gasteiger partial charge in [-0.1, -0.05) is 6.07 Å². The standard InChI is InChI=1S/C14H16F2N2O2/c1-9(19)18(8-7-17-14(20)10-5-6-10)13-11(15)3-2-4-12(13)16/h2-4,10H,5-8H2,1H3,(H,17,20). The van der Waals surface area contributed by atoms with Gasteiger partial charge in [0.2, 0.25) is 11.8 Å². The number of benzene rings is 1. The number of nitrogens with zero attached hydrogens (tertiary/aromatic N) is 1. The van der Waals surface area contributed by atoms with Crippen LogP contribution in [0, 0.1) is 17.6 Å². The predicted octanol–water partition coefficient (Wildman–Crippen LogP) is 1.84. The third-order valence-corrected chi connectivity index (χ3v) is 3.17. The first-order valence-corrected chi connectivity index (χ1v) is 6.50. The van der Waals surface area contributed by atoms with E-state index in [0.717, 1.165) is 29.9 Å². The van der Waals surface area contributed by atoms with Crippen LogP contribution in [0.5, 0.6) is 0 Å². The van der Waals surface area contributed by atoms with E-state index in [0.29, 0.717) is 0 Å². The van der Waals surface area contributed by atoms with Gasteiger partial charge in [0.15, 0.2) is 0 Å². The van der Waals surface area contributed by atoms with Crippen LogP contribution >= 0.6 is 0 Å². The first-order chi connectivity index (χ1) is 9.50. The van der Waals surface area contributed by atoms with Gasteiger partial charge in [-0.3, -0.25) is 9.59 Å². The van der Waals surface area contributed by atoms with E-state index in [1.54, 1.807) is 0 Å². The van der Waals surface area contributed by atoms with Crippen LogP contribution in [0.2, 0.25) is 0 Å². The Morgan fingerprint density at radius 1 is 1.30 bits per heavy atom. The zero-order valence-electron chi connectivity index (χ0n) is 11.2. The number of carbonyl (C=O) groups excluding carboxylic acids is 2. The van der Waals surface area contributed by atoms with Crippen LogP contribution in [-0.2, 0) is 9.59 Å². The number of rotatable bonds is 5. The van der Waals surface area contributed by atoms with E-state index in [-0.39, 0.29) is 30.6 Å². The molecule has 1 aromatic carbocycles. The van der Waals surface area contributed by atoms with E-state index < -0.39 is 17.5 Å². The summed E-state index contributed by atoms with van der Waals surface area (Å²) in [5.74, 6) is -2.08. The zero-order chi connectivity index (χ0) is 14.7. The van der Waals surface area contributed by atoms with Crippen LogP contribution in [0.3, 0.4) is 0 Å². The van der Waals surface area contributed by atoms with Crippen molar-refractivity contribution in [2.75, 3.05) is 18.0 Å². The highest BCUT2D eigenvalue weighted by atomic mass is 19.1. The van der Waals surface area contributed by atoms with Crippen molar-refractivity contribution in [2.45, 2.75) is 19.8 Å². The number of carbonyl (C=O) groups is 2. The molecular weight excluding hydrogens is 266 g/mol. The molecule has 0 aromatic heterocycles. The van der Waals surface area contributed by atoms with Crippen LogP contribution in [0.25, 0.3) is 0 Å². The second-order valence-corrected chi connectivity index (χ2v) is 4.81. The minimum absolute atomic E-state index is 0.0334. The van der Waals surface area contributed by atoms with Crippen LogP contribution < -0.4 is 10.2 Å². The Labute approximate surface area is 115 Å². The molecule has 1 aromatic rings. The molecule has 1 fully saturated rings. The predicted molar refractivity (Wildman–Crippen MR) is 70.1 cm³/mol. The van der Waals surface area contributed by atoms with E-state index in [1.807, 2.05) is 0 Å². The number of hydrogen-bond acceptors (Lipinski definition) is 2. The molecule has 0 bridgehead atoms. The lowest BCUT2D eigenvalue weighted by Gasteiger charge is -2.22. The molecule has 0 radical (unpaired) electrons. The fourth-order valence-electron chi connectivity index (χ4n) is 1.95. The highest BCUT2D eigenvalue weighted by Gasteiger charge is 2.29. The number of para-hydroxylation sites is 1. The molecule has 0 heterocycles. The summed E-state index contributed by atoms with van der Waals surface area (Å²) in [7, 11) is 0. The molecule has 1 N–H and O–H groups in total. The monoisotopic (exact) mass is 282 g/mol. The molecule has 2 rings (SSSR count). The molecule has 1 aliphatic rings. The molecule has 1 aliphatic carbocycles. The van der Waals surface area contributed by atoms with Crippen molar-refractivity contribution in [1.29, 1.82) is 0 Å². The third-order valence-electron chi connectivity index (χ3n) is 3.17. The van der Waals surface area contributed by atoms with Gasteiger partial charge in [0.1, 0.15) is 17.3 Å². The largest absolute Gasteiger partial charge is 0.354 e. The van der Waals surface area contributed by atoms with Crippen LogP contribution in [0.15, 0.2) is 18.2 Å². The Morgan fingerprint density at radius 3 is 2.40 bits per heavy atom. The molecular formula is C14H16F2N2O2. The smallest absolute Gasteiger partial charge is 0.224 e. The van der Waals surface area contributed by atoms with E-state index in [4.69, 9.17) is 0 Å². The molecule has 1 saturated carbocycles. The maximum absolute atomic E-state index is 13.7. The number of hydrogen-bond donors (Lipinski definition) is 1. The van der Waals surface area contributed by atoms with Crippen molar-refractivity contribution < 1.29 is 18.4 Å². The van der Waals surface area contributed by atoms with E-state index in [2.05, 4.69) is 5.32 Å². The molecule has 4 nitrogen and oxygen atoms in total. The van der Waals surface area contributed by atoms with Gasteiger partial charge < -0.3 is 10.2 Å². The van der Waals surface area contributed by atoms with Gasteiger partial charge in [-0.2, -0.15) is 0 Å². The molecule has 0 aliphatic heterocycles. The summed E-state index contributed by atoms with van der Waals surface area (Å²) < 4.78 is 27.3. The first-order valence-electron chi connectivity index (χ1n) is 6.50. The minimum Gasteiger partial charge on any atom is -0.354 e. The Kier molecular flexibility index (Phi) is 4.32. The molecule has 2 amide bonds. The lowest BCUT2D eigenvalue weighted by atomic mass is 10.2. The highest BCUT2D eigenvalue weighted by Crippen LogP contribution is 2.28. The topological polar surface area (TPSA) is 49.4 Å². The van der Waals surface area contributed by atoms with Crippen LogP contribution in [0.1, 0.15) is 19.8 Å². The maximum atomic E-state index is 13.7. The lowest BCUT2D eigenvalue weighted by molar-refractivity contribution is -0.122. The normalized spacial score (nSPS) is 13.9. The summed E-state index contributed by atoms with van der Waals surface area (Å²) in [6, 6.07) is 3.43. The summed E-state index contributed by atoms with van der Waals surface area (Å²) in [4.78, 5) is 24.0. The summed E-state index contributed by atoms with van der Waals surface area (Å²) >= 11 is 0. The summed E-state index contributed by atoms with van der Waals surface area (Å²) in [5, 5.41) is 2.66. The van der Waals surface area contributed by atoms with Gasteiger partial charge in [-0.05, 0) is 25.0 Å². The number of amides is 2. The van der Waals surface area contributed by atoms with Crippen molar-refractivity contribution in [3.05, 3.63) is 29.8 Å². The van der Waals surface area contributed by atoms with Gasteiger partial charge in [0.05, 0.1) is 0 Å². The Morgan fingerprint density at radius 2 is 1.90 bits per heavy atom. The van der Waals surface area contributed by atoms with Crippen molar-refractivity contribution in [3.8, 4) is 0 Å². The molecule has 0 spiro atoms. The van der Waals surface area contributed by atoms with Crippen molar-refractivity contribution >= 4 is 17.5 Å². The first kappa shape index (κ1) is 14.4. The van der Waals surface area contributed by atoms with Gasteiger partial charge in [-0.25, -0.2) is 8.78 Å². The second-order valence-electron chi connectivity index (χ2n) is 4.81. The van der Waals surface area contributed by atoms with Gasteiger partial charge in [0, 0.05) is 25.9 Å². The van der Waals surface area contributed by atoms with Crippen molar-refractivity contribution in [2.24, 2.45) is 5.92 Å². The second kappa shape index (κ2) is 5.98. The average molecular weight is 282 g/mol. The molecule has 0 atom stereocenters. The maximum Gasteiger partial charge on any atom is 0.224 e. The third kappa shape index (κ3) is 3.31. The van der Waals surface area contributed by atoms with Gasteiger partial charge in [-0.15, -0.1) is 0 Å². The van der Waals surface area contributed by atoms with Crippen molar-refractivity contribution in [1.82, 2.24) is 5.32 Å². The Balaban J connectivity index is 2.03. The summed E-state index contributed by atoms with van der Waals surface area (Å²) in [6.07, 6.45) is 1.76. The molecule has 0 saturated heterocycles. The average Bonchev–Trinajstić information content (AvgIpc) is 3.20. The van der Waals surface area contributed by atoms with Crippen molar-refractivity contribution in [3.63, 3.8) is 0 Å². The lowest BCUT2D eigenvalue weighted by Crippen LogP contribution is -2.38. The molecule has 20 heavy (non-hydrogen) atoms.